The van der Waals surface area contributed by atoms with Crippen molar-refractivity contribution in [1.82, 2.24) is 5.32 Å². The Balaban J connectivity index is 1.81. The molecule has 3 nitrogen and oxygen atoms in total. The SMILES string of the molecule is COc1ccc(-c2cccc3c2N2CCNCCC2C3)c(F)c1. The lowest BCUT2D eigenvalue weighted by Crippen LogP contribution is -2.33. The van der Waals surface area contributed by atoms with E-state index in [1.165, 1.54) is 17.3 Å². The van der Waals surface area contributed by atoms with Crippen molar-refractivity contribution >= 4 is 5.69 Å². The van der Waals surface area contributed by atoms with Gasteiger partial charge in [-0.15, -0.1) is 0 Å². The van der Waals surface area contributed by atoms with Crippen LogP contribution in [-0.2, 0) is 6.42 Å². The average Bonchev–Trinajstić information content (AvgIpc) is 2.76. The number of ether oxygens (including phenoxy) is 1. The molecule has 4 heteroatoms. The quantitative estimate of drug-likeness (QED) is 0.921. The number of benzene rings is 2. The molecule has 4 rings (SSSR count). The van der Waals surface area contributed by atoms with Gasteiger partial charge in [0.05, 0.1) is 7.11 Å². The second-order valence-electron chi connectivity index (χ2n) is 6.25. The number of halogens is 1. The van der Waals surface area contributed by atoms with Crippen LogP contribution in [0.3, 0.4) is 0 Å². The Hall–Kier alpha value is -2.07. The van der Waals surface area contributed by atoms with E-state index in [-0.39, 0.29) is 5.82 Å². The first-order valence-corrected chi connectivity index (χ1v) is 8.21. The average molecular weight is 312 g/mol. The van der Waals surface area contributed by atoms with Gasteiger partial charge in [0.1, 0.15) is 11.6 Å². The molecule has 2 aromatic carbocycles. The molecule has 0 aliphatic carbocycles. The van der Waals surface area contributed by atoms with Crippen LogP contribution in [0, 0.1) is 5.82 Å². The summed E-state index contributed by atoms with van der Waals surface area (Å²) in [6.07, 6.45) is 2.20. The number of para-hydroxylation sites is 1. The third-order valence-corrected chi connectivity index (χ3v) is 4.95. The summed E-state index contributed by atoms with van der Waals surface area (Å²) in [4.78, 5) is 2.47. The normalized spacial score (nSPS) is 19.9. The molecule has 2 heterocycles. The maximum atomic E-state index is 14.6. The highest BCUT2D eigenvalue weighted by Gasteiger charge is 2.32. The standard InChI is InChI=1S/C19H21FN2O/c1-23-15-5-6-16(18(20)12-15)17-4-2-3-13-11-14-7-8-21-9-10-22(14)19(13)17/h2-6,12,14,21H,7-11H2,1H3. The van der Waals surface area contributed by atoms with E-state index in [0.29, 0.717) is 17.4 Å². The molecule has 1 fully saturated rings. The third-order valence-electron chi connectivity index (χ3n) is 4.95. The fraction of sp³-hybridized carbons (Fsp3) is 0.368. The van der Waals surface area contributed by atoms with Crippen molar-refractivity contribution in [2.24, 2.45) is 0 Å². The van der Waals surface area contributed by atoms with Gasteiger partial charge in [0, 0.05) is 42.0 Å². The third kappa shape index (κ3) is 2.47. The number of hydrogen-bond donors (Lipinski definition) is 1. The highest BCUT2D eigenvalue weighted by atomic mass is 19.1. The minimum atomic E-state index is -0.228. The van der Waals surface area contributed by atoms with Crippen LogP contribution in [0.15, 0.2) is 36.4 Å². The number of rotatable bonds is 2. The molecule has 0 aromatic heterocycles. The van der Waals surface area contributed by atoms with Gasteiger partial charge in [-0.05, 0) is 37.1 Å². The highest BCUT2D eigenvalue weighted by molar-refractivity contribution is 5.83. The molecule has 1 unspecified atom stereocenters. The summed E-state index contributed by atoms with van der Waals surface area (Å²) in [6, 6.07) is 11.9. The molecule has 2 aliphatic heterocycles. The number of nitrogens with zero attached hydrogens (tertiary/aromatic N) is 1. The molecule has 120 valence electrons. The summed E-state index contributed by atoms with van der Waals surface area (Å²) in [5, 5.41) is 3.46. The number of hydrogen-bond acceptors (Lipinski definition) is 3. The molecule has 23 heavy (non-hydrogen) atoms. The van der Waals surface area contributed by atoms with Gasteiger partial charge >= 0.3 is 0 Å². The van der Waals surface area contributed by atoms with Gasteiger partial charge < -0.3 is 15.0 Å². The van der Waals surface area contributed by atoms with E-state index in [9.17, 15) is 4.39 Å². The smallest absolute Gasteiger partial charge is 0.134 e. The van der Waals surface area contributed by atoms with Crippen LogP contribution in [0.25, 0.3) is 11.1 Å². The zero-order valence-electron chi connectivity index (χ0n) is 13.3. The Morgan fingerprint density at radius 2 is 2.09 bits per heavy atom. The predicted molar refractivity (Wildman–Crippen MR) is 90.7 cm³/mol. The lowest BCUT2D eigenvalue weighted by Gasteiger charge is -2.26. The monoisotopic (exact) mass is 312 g/mol. The molecule has 0 bridgehead atoms. The second-order valence-corrected chi connectivity index (χ2v) is 6.25. The summed E-state index contributed by atoms with van der Waals surface area (Å²) in [6.45, 7) is 3.02. The van der Waals surface area contributed by atoms with E-state index in [0.717, 1.165) is 38.0 Å². The topological polar surface area (TPSA) is 24.5 Å². The number of anilines is 1. The maximum absolute atomic E-state index is 14.6. The minimum Gasteiger partial charge on any atom is -0.497 e. The first kappa shape index (κ1) is 14.5. The molecule has 0 amide bonds. The van der Waals surface area contributed by atoms with Crippen LogP contribution in [0.2, 0.25) is 0 Å². The molecule has 2 aliphatic rings. The maximum Gasteiger partial charge on any atom is 0.134 e. The van der Waals surface area contributed by atoms with Gasteiger partial charge in [0.25, 0.3) is 0 Å². The van der Waals surface area contributed by atoms with E-state index in [4.69, 9.17) is 4.74 Å². The first-order valence-electron chi connectivity index (χ1n) is 8.21. The van der Waals surface area contributed by atoms with Gasteiger partial charge in [0.2, 0.25) is 0 Å². The predicted octanol–water partition coefficient (Wildman–Crippen LogP) is 3.23. The minimum absolute atomic E-state index is 0.228. The van der Waals surface area contributed by atoms with E-state index in [2.05, 4.69) is 16.3 Å². The van der Waals surface area contributed by atoms with Gasteiger partial charge in [-0.2, -0.15) is 0 Å². The largest absolute Gasteiger partial charge is 0.497 e. The Morgan fingerprint density at radius 3 is 2.91 bits per heavy atom. The highest BCUT2D eigenvalue weighted by Crippen LogP contribution is 2.42. The molecular weight excluding hydrogens is 291 g/mol. The molecular formula is C19H21FN2O. The number of nitrogens with one attached hydrogen (secondary N) is 1. The summed E-state index contributed by atoms with van der Waals surface area (Å²) in [5.74, 6) is 0.324. The van der Waals surface area contributed by atoms with Crippen LogP contribution in [0.5, 0.6) is 5.75 Å². The summed E-state index contributed by atoms with van der Waals surface area (Å²) in [7, 11) is 1.56. The van der Waals surface area contributed by atoms with E-state index in [1.54, 1.807) is 7.11 Å². The van der Waals surface area contributed by atoms with Crippen molar-refractivity contribution in [2.75, 3.05) is 31.6 Å². The van der Waals surface area contributed by atoms with Gasteiger partial charge in [-0.1, -0.05) is 18.2 Å². The Labute approximate surface area is 136 Å². The lowest BCUT2D eigenvalue weighted by molar-refractivity contribution is 0.411. The molecule has 0 spiro atoms. The van der Waals surface area contributed by atoms with E-state index >= 15 is 0 Å². The molecule has 0 radical (unpaired) electrons. The van der Waals surface area contributed by atoms with Crippen molar-refractivity contribution in [2.45, 2.75) is 18.9 Å². The Morgan fingerprint density at radius 1 is 1.17 bits per heavy atom. The Kier molecular flexibility index (Phi) is 3.69. The van der Waals surface area contributed by atoms with Crippen LogP contribution < -0.4 is 15.0 Å². The molecule has 0 saturated carbocycles. The summed E-state index contributed by atoms with van der Waals surface area (Å²) in [5.41, 5.74) is 4.20. The van der Waals surface area contributed by atoms with Crippen LogP contribution in [0.4, 0.5) is 10.1 Å². The molecule has 1 saturated heterocycles. The zero-order valence-corrected chi connectivity index (χ0v) is 13.3. The first-order chi connectivity index (χ1) is 11.3. The van der Waals surface area contributed by atoms with Crippen molar-refractivity contribution < 1.29 is 9.13 Å². The van der Waals surface area contributed by atoms with Crippen molar-refractivity contribution in [3.05, 3.63) is 47.8 Å². The number of methoxy groups -OCH3 is 1. The lowest BCUT2D eigenvalue weighted by atomic mass is 9.99. The summed E-state index contributed by atoms with van der Waals surface area (Å²) < 4.78 is 19.7. The van der Waals surface area contributed by atoms with Crippen LogP contribution in [0.1, 0.15) is 12.0 Å². The fourth-order valence-electron chi connectivity index (χ4n) is 3.85. The molecule has 1 atom stereocenters. The summed E-state index contributed by atoms with van der Waals surface area (Å²) >= 11 is 0. The molecule has 2 aromatic rings. The van der Waals surface area contributed by atoms with Gasteiger partial charge in [-0.3, -0.25) is 0 Å². The van der Waals surface area contributed by atoms with Crippen molar-refractivity contribution in [3.63, 3.8) is 0 Å². The van der Waals surface area contributed by atoms with Gasteiger partial charge in [0.15, 0.2) is 0 Å². The molecule has 1 N–H and O–H groups in total. The Bertz CT molecular complexity index is 731. The van der Waals surface area contributed by atoms with Crippen LogP contribution >= 0.6 is 0 Å². The van der Waals surface area contributed by atoms with Gasteiger partial charge in [-0.25, -0.2) is 4.39 Å². The van der Waals surface area contributed by atoms with Crippen LogP contribution in [-0.4, -0.2) is 32.8 Å². The van der Waals surface area contributed by atoms with Crippen molar-refractivity contribution in [3.8, 4) is 16.9 Å². The second kappa shape index (κ2) is 5.85. The fourth-order valence-corrected chi connectivity index (χ4v) is 3.85. The zero-order chi connectivity index (χ0) is 15.8. The van der Waals surface area contributed by atoms with Crippen molar-refractivity contribution in [1.29, 1.82) is 0 Å². The van der Waals surface area contributed by atoms with E-state index in [1.807, 2.05) is 24.3 Å². The van der Waals surface area contributed by atoms with E-state index < -0.39 is 0 Å². The number of fused-ring (bicyclic) bond motifs is 3.